The van der Waals surface area contributed by atoms with Gasteiger partial charge in [0, 0.05) is 11.8 Å². The standard InChI is InChI=1S/C17H20N4O4S/c1-3-12(26-17-20-13(18)9-14(22)21-17)15(23)19-11-7-5-10(6-8-11)16(24)25-4-2/h5-9,12H,3-4H2,1-2H3,(H,19,23)(H3,18,20,21,22)/t12-/m0/s1. The molecule has 8 nitrogen and oxygen atoms in total. The Morgan fingerprint density at radius 3 is 2.58 bits per heavy atom. The van der Waals surface area contributed by atoms with Crippen LogP contribution >= 0.6 is 11.8 Å². The molecule has 0 fully saturated rings. The molecule has 1 atom stereocenters. The number of ether oxygens (including phenoxy) is 1. The number of aromatic amines is 1. The van der Waals surface area contributed by atoms with Crippen LogP contribution in [-0.4, -0.2) is 33.7 Å². The number of thioether (sulfide) groups is 1. The van der Waals surface area contributed by atoms with Crippen LogP contribution in [0.4, 0.5) is 11.5 Å². The van der Waals surface area contributed by atoms with E-state index in [1.807, 2.05) is 6.92 Å². The van der Waals surface area contributed by atoms with E-state index < -0.39 is 11.2 Å². The number of nitrogens with two attached hydrogens (primary N) is 1. The second-order valence-corrected chi connectivity index (χ2v) is 6.47. The third kappa shape index (κ3) is 5.35. The fourth-order valence-electron chi connectivity index (χ4n) is 2.09. The van der Waals surface area contributed by atoms with E-state index in [-0.39, 0.29) is 22.4 Å². The number of nitrogen functional groups attached to an aromatic ring is 1. The van der Waals surface area contributed by atoms with E-state index >= 15 is 0 Å². The van der Waals surface area contributed by atoms with Gasteiger partial charge in [0.25, 0.3) is 5.56 Å². The molecule has 1 heterocycles. The Balaban J connectivity index is 2.04. The van der Waals surface area contributed by atoms with Crippen molar-refractivity contribution in [3.63, 3.8) is 0 Å². The van der Waals surface area contributed by atoms with Gasteiger partial charge < -0.3 is 20.8 Å². The minimum absolute atomic E-state index is 0.0982. The van der Waals surface area contributed by atoms with Crippen molar-refractivity contribution in [2.45, 2.75) is 30.7 Å². The van der Waals surface area contributed by atoms with Gasteiger partial charge in [0.2, 0.25) is 5.91 Å². The Hall–Kier alpha value is -2.81. The van der Waals surface area contributed by atoms with Crippen LogP contribution in [0.3, 0.4) is 0 Å². The molecular formula is C17H20N4O4S. The van der Waals surface area contributed by atoms with Crippen molar-refractivity contribution >= 4 is 35.1 Å². The first-order valence-electron chi connectivity index (χ1n) is 8.04. The summed E-state index contributed by atoms with van der Waals surface area (Å²) in [5.41, 5.74) is 6.14. The van der Waals surface area contributed by atoms with E-state index in [9.17, 15) is 14.4 Å². The Labute approximate surface area is 154 Å². The van der Waals surface area contributed by atoms with Gasteiger partial charge in [-0.25, -0.2) is 9.78 Å². The number of esters is 1. The second-order valence-electron chi connectivity index (χ2n) is 5.28. The number of nitrogens with one attached hydrogen (secondary N) is 2. The fourth-order valence-corrected chi connectivity index (χ4v) is 3.01. The van der Waals surface area contributed by atoms with E-state index in [0.29, 0.717) is 24.3 Å². The lowest BCUT2D eigenvalue weighted by molar-refractivity contribution is -0.115. The minimum Gasteiger partial charge on any atom is -0.462 e. The molecule has 1 aromatic heterocycles. The van der Waals surface area contributed by atoms with Crippen molar-refractivity contribution in [3.05, 3.63) is 46.2 Å². The molecule has 0 bridgehead atoms. The third-order valence-corrected chi connectivity index (χ3v) is 4.57. The van der Waals surface area contributed by atoms with E-state index in [0.717, 1.165) is 11.8 Å². The van der Waals surface area contributed by atoms with Gasteiger partial charge in [-0.05, 0) is 37.6 Å². The highest BCUT2D eigenvalue weighted by Gasteiger charge is 2.20. The second kappa shape index (κ2) is 9.04. The Morgan fingerprint density at radius 1 is 1.31 bits per heavy atom. The van der Waals surface area contributed by atoms with Gasteiger partial charge >= 0.3 is 5.97 Å². The summed E-state index contributed by atoms with van der Waals surface area (Å²) in [6.45, 7) is 3.88. The molecule has 138 valence electrons. The van der Waals surface area contributed by atoms with Crippen LogP contribution in [0.5, 0.6) is 0 Å². The zero-order valence-electron chi connectivity index (χ0n) is 14.4. The summed E-state index contributed by atoms with van der Waals surface area (Å²) < 4.78 is 4.91. The molecule has 0 radical (unpaired) electrons. The summed E-state index contributed by atoms with van der Waals surface area (Å²) in [4.78, 5) is 42.1. The first kappa shape index (κ1) is 19.5. The number of aromatic nitrogens is 2. The largest absolute Gasteiger partial charge is 0.462 e. The molecule has 0 saturated carbocycles. The van der Waals surface area contributed by atoms with Crippen LogP contribution in [0.1, 0.15) is 30.6 Å². The lowest BCUT2D eigenvalue weighted by atomic mass is 10.2. The monoisotopic (exact) mass is 376 g/mol. The highest BCUT2D eigenvalue weighted by molar-refractivity contribution is 8.00. The van der Waals surface area contributed by atoms with Gasteiger partial charge in [-0.1, -0.05) is 18.7 Å². The number of hydrogen-bond donors (Lipinski definition) is 3. The summed E-state index contributed by atoms with van der Waals surface area (Å²) in [6, 6.07) is 7.60. The van der Waals surface area contributed by atoms with Crippen LogP contribution in [0, 0.1) is 0 Å². The summed E-state index contributed by atoms with van der Waals surface area (Å²) in [7, 11) is 0. The van der Waals surface area contributed by atoms with Gasteiger partial charge in [-0.3, -0.25) is 9.59 Å². The number of rotatable bonds is 7. The van der Waals surface area contributed by atoms with E-state index in [1.54, 1.807) is 31.2 Å². The van der Waals surface area contributed by atoms with Crippen LogP contribution in [0.2, 0.25) is 0 Å². The number of H-pyrrole nitrogens is 1. The lowest BCUT2D eigenvalue weighted by Gasteiger charge is -2.14. The molecule has 0 saturated heterocycles. The minimum atomic E-state index is -0.468. The average Bonchev–Trinajstić information content (AvgIpc) is 2.59. The number of carbonyl (C=O) groups excluding carboxylic acids is 2. The fraction of sp³-hybridized carbons (Fsp3) is 0.294. The summed E-state index contributed by atoms with van der Waals surface area (Å²) in [5.74, 6) is -0.559. The van der Waals surface area contributed by atoms with Crippen LogP contribution in [0.25, 0.3) is 0 Å². The van der Waals surface area contributed by atoms with E-state index in [4.69, 9.17) is 10.5 Å². The molecule has 1 aromatic carbocycles. The molecule has 2 aromatic rings. The van der Waals surface area contributed by atoms with E-state index in [1.165, 1.54) is 6.07 Å². The third-order valence-electron chi connectivity index (χ3n) is 3.32. The molecule has 0 aliphatic carbocycles. The first-order valence-corrected chi connectivity index (χ1v) is 8.92. The number of carbonyl (C=O) groups is 2. The maximum Gasteiger partial charge on any atom is 0.338 e. The quantitative estimate of drug-likeness (QED) is 0.383. The Morgan fingerprint density at radius 2 is 2.00 bits per heavy atom. The van der Waals surface area contributed by atoms with Crippen molar-refractivity contribution in [1.82, 2.24) is 9.97 Å². The SMILES string of the molecule is CCOC(=O)c1ccc(NC(=O)[C@H](CC)Sc2nc(N)cc(=O)[nH]2)cc1. The molecule has 0 aliphatic heterocycles. The highest BCUT2D eigenvalue weighted by atomic mass is 32.2. The number of nitrogens with zero attached hydrogens (tertiary/aromatic N) is 1. The van der Waals surface area contributed by atoms with Gasteiger partial charge in [0.15, 0.2) is 5.16 Å². The van der Waals surface area contributed by atoms with Crippen LogP contribution in [0.15, 0.2) is 40.3 Å². The molecular weight excluding hydrogens is 356 g/mol. The smallest absolute Gasteiger partial charge is 0.338 e. The maximum absolute atomic E-state index is 12.5. The molecule has 1 amide bonds. The number of benzene rings is 1. The molecule has 0 spiro atoms. The summed E-state index contributed by atoms with van der Waals surface area (Å²) >= 11 is 1.13. The molecule has 2 rings (SSSR count). The van der Waals surface area contributed by atoms with Crippen molar-refractivity contribution in [2.75, 3.05) is 17.7 Å². The predicted molar refractivity (Wildman–Crippen MR) is 100 cm³/mol. The number of anilines is 2. The van der Waals surface area contributed by atoms with Crippen molar-refractivity contribution in [2.24, 2.45) is 0 Å². The lowest BCUT2D eigenvalue weighted by Crippen LogP contribution is -2.25. The van der Waals surface area contributed by atoms with Crippen LogP contribution < -0.4 is 16.6 Å². The number of hydrogen-bond acceptors (Lipinski definition) is 7. The molecule has 4 N–H and O–H groups in total. The van der Waals surface area contributed by atoms with Crippen LogP contribution in [-0.2, 0) is 9.53 Å². The number of amides is 1. The zero-order valence-corrected chi connectivity index (χ0v) is 15.3. The Kier molecular flexibility index (Phi) is 6.79. The molecule has 9 heteroatoms. The summed E-state index contributed by atoms with van der Waals surface area (Å²) in [5, 5.41) is 2.60. The van der Waals surface area contributed by atoms with E-state index in [2.05, 4.69) is 15.3 Å². The van der Waals surface area contributed by atoms with Gasteiger partial charge in [0.1, 0.15) is 5.82 Å². The Bertz CT molecular complexity index is 835. The first-order chi connectivity index (χ1) is 12.4. The maximum atomic E-state index is 12.5. The normalized spacial score (nSPS) is 11.6. The summed E-state index contributed by atoms with van der Waals surface area (Å²) in [6.07, 6.45) is 0.524. The van der Waals surface area contributed by atoms with Gasteiger partial charge in [-0.15, -0.1) is 0 Å². The molecule has 26 heavy (non-hydrogen) atoms. The van der Waals surface area contributed by atoms with Crippen molar-refractivity contribution in [1.29, 1.82) is 0 Å². The van der Waals surface area contributed by atoms with Gasteiger partial charge in [-0.2, -0.15) is 0 Å². The highest BCUT2D eigenvalue weighted by Crippen LogP contribution is 2.23. The molecule has 0 aliphatic rings. The zero-order chi connectivity index (χ0) is 19.1. The van der Waals surface area contributed by atoms with Crippen molar-refractivity contribution < 1.29 is 14.3 Å². The average molecular weight is 376 g/mol. The van der Waals surface area contributed by atoms with Gasteiger partial charge in [0.05, 0.1) is 17.4 Å². The predicted octanol–water partition coefficient (Wildman–Crippen LogP) is 2.04. The topological polar surface area (TPSA) is 127 Å². The van der Waals surface area contributed by atoms with Crippen molar-refractivity contribution in [3.8, 4) is 0 Å². The molecule has 0 unspecified atom stereocenters.